The Morgan fingerprint density at radius 2 is 2.20 bits per heavy atom. The van der Waals surface area contributed by atoms with Crippen LogP contribution in [0.5, 0.6) is 0 Å². The zero-order valence-electron chi connectivity index (χ0n) is 10.8. The number of anilines is 2. The predicted molar refractivity (Wildman–Crippen MR) is 73.5 cm³/mol. The molecule has 0 atom stereocenters. The van der Waals surface area contributed by atoms with E-state index in [0.29, 0.717) is 17.1 Å². The predicted octanol–water partition coefficient (Wildman–Crippen LogP) is 1.38. The van der Waals surface area contributed by atoms with E-state index < -0.39 is 0 Å². The second kappa shape index (κ2) is 4.73. The molecule has 6 heteroatoms. The van der Waals surface area contributed by atoms with Crippen LogP contribution in [0.2, 0.25) is 0 Å². The monoisotopic (exact) mass is 268 g/mol. The van der Waals surface area contributed by atoms with Crippen molar-refractivity contribution in [1.82, 2.24) is 9.97 Å². The number of fused-ring (bicyclic) bond motifs is 1. The number of hydrogen-bond donors (Lipinski definition) is 1. The van der Waals surface area contributed by atoms with Crippen LogP contribution in [0.25, 0.3) is 0 Å². The summed E-state index contributed by atoms with van der Waals surface area (Å²) in [5.41, 5.74) is 2.24. The first-order chi connectivity index (χ1) is 9.65. The maximum absolute atomic E-state index is 12.5. The van der Waals surface area contributed by atoms with Crippen molar-refractivity contribution in [2.45, 2.75) is 6.92 Å². The highest BCUT2D eigenvalue weighted by Gasteiger charge is 2.28. The van der Waals surface area contributed by atoms with Crippen molar-refractivity contribution in [2.24, 2.45) is 0 Å². The zero-order chi connectivity index (χ0) is 14.1. The zero-order valence-corrected chi connectivity index (χ0v) is 10.8. The minimum Gasteiger partial charge on any atom is -0.321 e. The molecule has 0 aliphatic carbocycles. The van der Waals surface area contributed by atoms with Gasteiger partial charge in [0.25, 0.3) is 5.91 Å². The van der Waals surface area contributed by atoms with Crippen LogP contribution in [0.4, 0.5) is 11.4 Å². The molecular formula is C14H12N4O2. The van der Waals surface area contributed by atoms with Gasteiger partial charge in [-0.05, 0) is 25.1 Å². The van der Waals surface area contributed by atoms with Crippen molar-refractivity contribution in [3.05, 3.63) is 48.0 Å². The fraction of sp³-hybridized carbons (Fsp3) is 0.143. The lowest BCUT2D eigenvalue weighted by atomic mass is 10.2. The summed E-state index contributed by atoms with van der Waals surface area (Å²) in [5, 5.41) is 2.69. The minimum absolute atomic E-state index is 0.0224. The van der Waals surface area contributed by atoms with Crippen molar-refractivity contribution in [3.63, 3.8) is 0 Å². The maximum atomic E-state index is 12.5. The number of pyridine rings is 2. The molecular weight excluding hydrogens is 256 g/mol. The first kappa shape index (κ1) is 12.3. The Bertz CT molecular complexity index is 699. The molecule has 1 N–H and O–H groups in total. The van der Waals surface area contributed by atoms with Gasteiger partial charge in [-0.3, -0.25) is 19.5 Å². The van der Waals surface area contributed by atoms with E-state index in [-0.39, 0.29) is 18.4 Å². The molecule has 1 aliphatic heterocycles. The largest absolute Gasteiger partial charge is 0.321 e. The third kappa shape index (κ3) is 2.11. The molecule has 100 valence electrons. The topological polar surface area (TPSA) is 75.2 Å². The van der Waals surface area contributed by atoms with Crippen LogP contribution in [-0.2, 0) is 4.79 Å². The van der Waals surface area contributed by atoms with Crippen LogP contribution in [0.3, 0.4) is 0 Å². The number of carbonyl (C=O) groups is 2. The highest BCUT2D eigenvalue weighted by molar-refractivity contribution is 6.14. The van der Waals surface area contributed by atoms with Gasteiger partial charge in [0, 0.05) is 11.9 Å². The Balaban J connectivity index is 2.02. The Morgan fingerprint density at radius 1 is 1.35 bits per heavy atom. The molecule has 3 heterocycles. The molecule has 20 heavy (non-hydrogen) atoms. The summed E-state index contributed by atoms with van der Waals surface area (Å²) in [7, 11) is 0. The fourth-order valence-electron chi connectivity index (χ4n) is 2.12. The molecule has 0 fully saturated rings. The molecule has 2 amide bonds. The normalized spacial score (nSPS) is 13.7. The van der Waals surface area contributed by atoms with E-state index in [1.54, 1.807) is 24.4 Å². The van der Waals surface area contributed by atoms with Gasteiger partial charge >= 0.3 is 0 Å². The van der Waals surface area contributed by atoms with Crippen molar-refractivity contribution in [3.8, 4) is 0 Å². The number of nitrogens with one attached hydrogen (secondary N) is 1. The second-order valence-electron chi connectivity index (χ2n) is 4.50. The number of rotatable bonds is 1. The number of nitrogens with zero attached hydrogens (tertiary/aromatic N) is 3. The van der Waals surface area contributed by atoms with E-state index in [4.69, 9.17) is 0 Å². The Morgan fingerprint density at radius 3 is 3.00 bits per heavy atom. The molecule has 0 aromatic carbocycles. The average molecular weight is 268 g/mol. The molecule has 0 bridgehead atoms. The van der Waals surface area contributed by atoms with E-state index >= 15 is 0 Å². The third-order valence-electron chi connectivity index (χ3n) is 3.02. The standard InChI is InChI=1S/C14H12N4O2/c1-9-3-2-4-10(16-9)14(20)18-8-13(19)17-11-7-15-6-5-12(11)18/h2-7H,8H2,1H3,(H,17,19). The van der Waals surface area contributed by atoms with E-state index in [9.17, 15) is 9.59 Å². The quantitative estimate of drug-likeness (QED) is 0.848. The molecule has 0 saturated carbocycles. The Hall–Kier alpha value is -2.76. The molecule has 0 saturated heterocycles. The third-order valence-corrected chi connectivity index (χ3v) is 3.02. The average Bonchev–Trinajstić information content (AvgIpc) is 2.45. The lowest BCUT2D eigenvalue weighted by Gasteiger charge is -2.28. The molecule has 0 radical (unpaired) electrons. The van der Waals surface area contributed by atoms with Crippen LogP contribution < -0.4 is 10.2 Å². The summed E-state index contributed by atoms with van der Waals surface area (Å²) in [6.45, 7) is 1.79. The molecule has 1 aliphatic rings. The molecule has 0 spiro atoms. The summed E-state index contributed by atoms with van der Waals surface area (Å²) in [6.07, 6.45) is 3.11. The first-order valence-corrected chi connectivity index (χ1v) is 6.14. The van der Waals surface area contributed by atoms with Gasteiger partial charge in [-0.1, -0.05) is 6.07 Å². The second-order valence-corrected chi connectivity index (χ2v) is 4.50. The van der Waals surface area contributed by atoms with Gasteiger partial charge in [0.15, 0.2) is 0 Å². The lowest BCUT2D eigenvalue weighted by molar-refractivity contribution is -0.115. The lowest BCUT2D eigenvalue weighted by Crippen LogP contribution is -2.42. The molecule has 0 unspecified atom stereocenters. The van der Waals surface area contributed by atoms with E-state index in [1.807, 2.05) is 13.0 Å². The summed E-state index contributed by atoms with van der Waals surface area (Å²) < 4.78 is 0. The van der Waals surface area contributed by atoms with Gasteiger partial charge in [0.05, 0.1) is 17.6 Å². The van der Waals surface area contributed by atoms with Crippen LogP contribution in [0.15, 0.2) is 36.7 Å². The molecule has 2 aromatic heterocycles. The number of aromatic nitrogens is 2. The molecule has 6 nitrogen and oxygen atoms in total. The highest BCUT2D eigenvalue weighted by atomic mass is 16.2. The molecule has 3 rings (SSSR count). The smallest absolute Gasteiger partial charge is 0.277 e. The molecule has 2 aromatic rings. The SMILES string of the molecule is Cc1cccc(C(=O)N2CC(=O)Nc3cnccc32)n1. The van der Waals surface area contributed by atoms with Gasteiger partial charge in [-0.2, -0.15) is 0 Å². The Kier molecular flexibility index (Phi) is 2.90. The highest BCUT2D eigenvalue weighted by Crippen LogP contribution is 2.28. The number of amides is 2. The summed E-state index contributed by atoms with van der Waals surface area (Å²) in [4.78, 5) is 33.8. The van der Waals surface area contributed by atoms with Gasteiger partial charge in [-0.25, -0.2) is 4.98 Å². The van der Waals surface area contributed by atoms with E-state index in [0.717, 1.165) is 5.69 Å². The van der Waals surface area contributed by atoms with Gasteiger partial charge < -0.3 is 5.32 Å². The fourth-order valence-corrected chi connectivity index (χ4v) is 2.12. The number of aryl methyl sites for hydroxylation is 1. The Labute approximate surface area is 115 Å². The van der Waals surface area contributed by atoms with Crippen LogP contribution >= 0.6 is 0 Å². The number of hydrogen-bond acceptors (Lipinski definition) is 4. The maximum Gasteiger partial charge on any atom is 0.277 e. The summed E-state index contributed by atoms with van der Waals surface area (Å²) in [6, 6.07) is 6.93. The minimum atomic E-state index is -0.295. The summed E-state index contributed by atoms with van der Waals surface area (Å²) in [5.74, 6) is -0.539. The summed E-state index contributed by atoms with van der Waals surface area (Å²) >= 11 is 0. The van der Waals surface area contributed by atoms with Crippen molar-refractivity contribution < 1.29 is 9.59 Å². The van der Waals surface area contributed by atoms with Gasteiger partial charge in [0.1, 0.15) is 12.2 Å². The van der Waals surface area contributed by atoms with Gasteiger partial charge in [0.2, 0.25) is 5.91 Å². The first-order valence-electron chi connectivity index (χ1n) is 6.14. The van der Waals surface area contributed by atoms with Crippen molar-refractivity contribution in [1.29, 1.82) is 0 Å². The van der Waals surface area contributed by atoms with Crippen LogP contribution in [0, 0.1) is 6.92 Å². The number of carbonyl (C=O) groups excluding carboxylic acids is 2. The van der Waals surface area contributed by atoms with E-state index in [2.05, 4.69) is 15.3 Å². The van der Waals surface area contributed by atoms with Crippen LogP contribution in [0.1, 0.15) is 16.2 Å². The van der Waals surface area contributed by atoms with Crippen molar-refractivity contribution >= 4 is 23.2 Å². The van der Waals surface area contributed by atoms with Gasteiger partial charge in [-0.15, -0.1) is 0 Å². The van der Waals surface area contributed by atoms with E-state index in [1.165, 1.54) is 11.1 Å². The van der Waals surface area contributed by atoms with Crippen LogP contribution in [-0.4, -0.2) is 28.3 Å². The van der Waals surface area contributed by atoms with Crippen molar-refractivity contribution in [2.75, 3.05) is 16.8 Å².